The number of hydrogen-bond donors (Lipinski definition) is 5. The molecule has 0 spiro atoms. The third kappa shape index (κ3) is 11.8. The van der Waals surface area contributed by atoms with Crippen molar-refractivity contribution in [1.82, 2.24) is 20.6 Å². The molecule has 3 saturated heterocycles. The summed E-state index contributed by atoms with van der Waals surface area (Å²) in [7, 11) is 0. The monoisotopic (exact) mass is 814 g/mol. The number of ether oxygens (including phenoxy) is 2. The van der Waals surface area contributed by atoms with Crippen LogP contribution in [0.15, 0.2) is 35.7 Å². The number of carbonyl (C=O) groups is 4. The van der Waals surface area contributed by atoms with Gasteiger partial charge in [-0.25, -0.2) is 15.2 Å². The fourth-order valence-electron chi connectivity index (χ4n) is 6.18. The number of piperidine rings is 1. The smallest absolute Gasteiger partial charge is 0.270 e. The van der Waals surface area contributed by atoms with E-state index in [9.17, 15) is 28.0 Å². The zero-order valence-electron chi connectivity index (χ0n) is 33.6. The summed E-state index contributed by atoms with van der Waals surface area (Å²) in [6.07, 6.45) is 4.68. The molecular weight excluding hydrogens is 759 g/mol. The van der Waals surface area contributed by atoms with Gasteiger partial charge in [0.05, 0.1) is 23.5 Å². The lowest BCUT2D eigenvalue weighted by atomic mass is 9.90. The Morgan fingerprint density at radius 2 is 1.81 bits per heavy atom. The molecule has 2 bridgehead atoms. The maximum absolute atomic E-state index is 14.4. The van der Waals surface area contributed by atoms with Crippen LogP contribution in [0.1, 0.15) is 90.4 Å². The minimum absolute atomic E-state index is 0.109. The largest absolute Gasteiger partial charge is 0.480 e. The predicted molar refractivity (Wildman–Crippen MR) is 218 cm³/mol. The van der Waals surface area contributed by atoms with Crippen molar-refractivity contribution in [2.24, 2.45) is 11.3 Å². The van der Waals surface area contributed by atoms with Crippen LogP contribution in [-0.4, -0.2) is 84.7 Å². The van der Waals surface area contributed by atoms with Gasteiger partial charge in [-0.2, -0.15) is 4.39 Å². The molecule has 7 N–H and O–H groups in total. The van der Waals surface area contributed by atoms with Gasteiger partial charge >= 0.3 is 0 Å². The molecule has 0 aliphatic carbocycles. The van der Waals surface area contributed by atoms with Crippen LogP contribution in [0.2, 0.25) is 0 Å². The second kappa shape index (κ2) is 20.5. The number of nitrogens with two attached hydrogens (primary N) is 2. The van der Waals surface area contributed by atoms with Crippen molar-refractivity contribution in [2.45, 2.75) is 98.3 Å². The van der Waals surface area contributed by atoms with Gasteiger partial charge in [-0.3, -0.25) is 29.5 Å². The summed E-state index contributed by atoms with van der Waals surface area (Å²) in [6, 6.07) is 6.64. The van der Waals surface area contributed by atoms with Gasteiger partial charge in [0.15, 0.2) is 23.3 Å². The molecular formula is C40H56F2N8O6S. The first-order valence-electron chi connectivity index (χ1n) is 19.5. The number of halogens is 2. The molecule has 3 fully saturated rings. The van der Waals surface area contributed by atoms with Crippen LogP contribution in [0.5, 0.6) is 5.75 Å². The van der Waals surface area contributed by atoms with Crippen LogP contribution < -0.4 is 37.2 Å². The highest BCUT2D eigenvalue weighted by atomic mass is 32.1. The van der Waals surface area contributed by atoms with Gasteiger partial charge in [-0.15, -0.1) is 11.3 Å². The van der Waals surface area contributed by atoms with Gasteiger partial charge in [0.25, 0.3) is 17.7 Å². The first-order valence-corrected chi connectivity index (χ1v) is 20.4. The van der Waals surface area contributed by atoms with Crippen molar-refractivity contribution in [3.8, 4) is 17.0 Å². The number of morpholine rings is 1. The summed E-state index contributed by atoms with van der Waals surface area (Å²) >= 11 is 1.45. The molecule has 3 aromatic rings. The summed E-state index contributed by atoms with van der Waals surface area (Å²) in [5.41, 5.74) is 8.11. The van der Waals surface area contributed by atoms with E-state index >= 15 is 0 Å². The third-order valence-corrected chi connectivity index (χ3v) is 10.7. The maximum Gasteiger partial charge on any atom is 0.270 e. The fraction of sp³-hybridized carbons (Fsp3) is 0.525. The van der Waals surface area contributed by atoms with E-state index in [1.54, 1.807) is 23.6 Å². The molecule has 3 unspecified atom stereocenters. The van der Waals surface area contributed by atoms with Crippen LogP contribution >= 0.6 is 11.3 Å². The van der Waals surface area contributed by atoms with Crippen molar-refractivity contribution < 1.29 is 37.4 Å². The Balaban J connectivity index is 0.000000244. The van der Waals surface area contributed by atoms with E-state index < -0.39 is 36.1 Å². The van der Waals surface area contributed by atoms with Crippen molar-refractivity contribution in [2.75, 3.05) is 48.7 Å². The zero-order chi connectivity index (χ0) is 41.9. The number of aromatic nitrogens is 1. The fourth-order valence-corrected chi connectivity index (χ4v) is 7.02. The Labute approximate surface area is 337 Å². The van der Waals surface area contributed by atoms with Crippen LogP contribution in [-0.2, 0) is 19.1 Å². The van der Waals surface area contributed by atoms with Crippen molar-refractivity contribution in [3.63, 3.8) is 0 Å². The lowest BCUT2D eigenvalue weighted by Gasteiger charge is -2.31. The van der Waals surface area contributed by atoms with Gasteiger partial charge in [-0.1, -0.05) is 41.5 Å². The molecule has 3 aliphatic heterocycles. The number of anilines is 3. The van der Waals surface area contributed by atoms with E-state index in [4.69, 9.17) is 21.1 Å². The lowest BCUT2D eigenvalue weighted by molar-refractivity contribution is -0.137. The molecule has 4 heterocycles. The highest BCUT2D eigenvalue weighted by Gasteiger charge is 2.36. The number of benzene rings is 2. The first kappa shape index (κ1) is 44.8. The standard InChI is InChI=1S/C20H23F2N3O3S.C18H27N5O3.C2H6/c1-2-7-23-17(26)10-27-19-14(5-6-15(21)18(19)22)16-11-29-20(24-16)25-8-12-3-4-13(9-25)28-12;1-4-18(2,3)10-21-11-5-6-13(19)12(9-11)17(26)23(20)14-7-8-15(24)22-16(14)25;1-2/h5-6,11-13H,2-4,7-10H2,1H3,(H,23,26);5-6,9,14,21H,4,7-8,10,19-20H2,1-3H3,(H,22,24,25);1-2H3. The van der Waals surface area contributed by atoms with E-state index in [0.29, 0.717) is 17.8 Å². The highest BCUT2D eigenvalue weighted by molar-refractivity contribution is 7.14. The number of rotatable bonds is 13. The molecule has 3 atom stereocenters. The number of hydrogen-bond acceptors (Lipinski definition) is 12. The molecule has 312 valence electrons. The van der Waals surface area contributed by atoms with Crippen LogP contribution in [0, 0.1) is 17.0 Å². The summed E-state index contributed by atoms with van der Waals surface area (Å²) in [4.78, 5) is 54.5. The quantitative estimate of drug-likeness (QED) is 0.0473. The zero-order valence-corrected chi connectivity index (χ0v) is 34.4. The van der Waals surface area contributed by atoms with E-state index in [1.165, 1.54) is 17.4 Å². The van der Waals surface area contributed by atoms with Crippen molar-refractivity contribution in [1.29, 1.82) is 0 Å². The Kier molecular flexibility index (Phi) is 16.1. The van der Waals surface area contributed by atoms with Gasteiger partial charge in [0, 0.05) is 54.9 Å². The number of thiazole rings is 1. The van der Waals surface area contributed by atoms with E-state index in [2.05, 4.69) is 46.6 Å². The summed E-state index contributed by atoms with van der Waals surface area (Å²) in [5, 5.41) is 11.6. The number of hydrazine groups is 1. The number of fused-ring (bicyclic) bond motifs is 2. The molecule has 14 nitrogen and oxygen atoms in total. The van der Waals surface area contributed by atoms with Gasteiger partial charge < -0.3 is 30.7 Å². The predicted octanol–water partition coefficient (Wildman–Crippen LogP) is 5.63. The minimum atomic E-state index is -1.12. The van der Waals surface area contributed by atoms with E-state index in [-0.39, 0.29) is 59.3 Å². The number of carbonyl (C=O) groups excluding carboxylic acids is 4. The molecule has 1 aromatic heterocycles. The second-order valence-corrected chi connectivity index (χ2v) is 15.4. The molecule has 2 aromatic carbocycles. The SMILES string of the molecule is CC.CCC(C)(C)CNc1ccc(N)c(C(=O)N(N)C2CCC(=O)NC2=O)c1.CCCNC(=O)COc1c(-c2csc(N3CC4CCC(C3)O4)n2)ccc(F)c1F. The average molecular weight is 815 g/mol. The molecule has 17 heteroatoms. The minimum Gasteiger partial charge on any atom is -0.480 e. The second-order valence-electron chi connectivity index (χ2n) is 14.6. The Morgan fingerprint density at radius 1 is 1.11 bits per heavy atom. The molecule has 57 heavy (non-hydrogen) atoms. The number of amides is 4. The van der Waals surface area contributed by atoms with Crippen molar-refractivity contribution in [3.05, 3.63) is 52.9 Å². The van der Waals surface area contributed by atoms with Crippen LogP contribution in [0.3, 0.4) is 0 Å². The first-order chi connectivity index (χ1) is 27.2. The number of imide groups is 1. The highest BCUT2D eigenvalue weighted by Crippen LogP contribution is 2.38. The molecule has 0 radical (unpaired) electrons. The molecule has 3 aliphatic rings. The summed E-state index contributed by atoms with van der Waals surface area (Å²) in [6.45, 7) is 14.7. The normalized spacial score (nSPS) is 18.7. The topological polar surface area (TPSA) is 194 Å². The van der Waals surface area contributed by atoms with Gasteiger partial charge in [0.1, 0.15) is 6.04 Å². The van der Waals surface area contributed by atoms with Crippen LogP contribution in [0.25, 0.3) is 11.3 Å². The number of nitrogens with zero attached hydrogens (tertiary/aromatic N) is 3. The Morgan fingerprint density at radius 3 is 2.46 bits per heavy atom. The van der Waals surface area contributed by atoms with Crippen LogP contribution in [0.4, 0.5) is 25.3 Å². The summed E-state index contributed by atoms with van der Waals surface area (Å²) < 4.78 is 39.5. The molecule has 4 amide bonds. The van der Waals surface area contributed by atoms with Crippen molar-refractivity contribution >= 4 is 51.5 Å². The number of nitrogens with one attached hydrogen (secondary N) is 3. The Hall–Kier alpha value is -4.87. The third-order valence-electron chi connectivity index (χ3n) is 9.84. The van der Waals surface area contributed by atoms with E-state index in [0.717, 1.165) is 67.2 Å². The summed E-state index contributed by atoms with van der Waals surface area (Å²) in [5.74, 6) is 1.55. The maximum atomic E-state index is 14.4. The number of nitrogen functional groups attached to an aromatic ring is 1. The van der Waals surface area contributed by atoms with E-state index in [1.807, 2.05) is 20.8 Å². The van der Waals surface area contributed by atoms with Gasteiger partial charge in [-0.05, 0) is 67.9 Å². The Bertz CT molecular complexity index is 1860. The van der Waals surface area contributed by atoms with Gasteiger partial charge in [0.2, 0.25) is 11.7 Å². The molecule has 0 saturated carbocycles. The molecule has 6 rings (SSSR count). The lowest BCUT2D eigenvalue weighted by Crippen LogP contribution is -2.57. The average Bonchev–Trinajstić information content (AvgIpc) is 3.83.